The molecule has 0 saturated carbocycles. The molecule has 1 fully saturated rings. The predicted octanol–water partition coefficient (Wildman–Crippen LogP) is 2.16. The lowest BCUT2D eigenvalue weighted by molar-refractivity contribution is 0.0655. The molecule has 0 aliphatic carbocycles. The number of carbonyl (C=O) groups is 1. The normalized spacial score (nSPS) is 18.9. The Balaban J connectivity index is 1.80. The van der Waals surface area contributed by atoms with E-state index in [1.165, 1.54) is 12.1 Å². The first-order valence-corrected chi connectivity index (χ1v) is 10.6. The van der Waals surface area contributed by atoms with Crippen LogP contribution in [0.4, 0.5) is 0 Å². The van der Waals surface area contributed by atoms with Gasteiger partial charge < -0.3 is 10.2 Å². The summed E-state index contributed by atoms with van der Waals surface area (Å²) in [4.78, 5) is 14.7. The highest BCUT2D eigenvalue weighted by Crippen LogP contribution is 2.19. The topological polar surface area (TPSA) is 78.5 Å². The monoisotopic (exact) mass is 387 g/mol. The fourth-order valence-electron chi connectivity index (χ4n) is 3.22. The summed E-state index contributed by atoms with van der Waals surface area (Å²) >= 11 is 0. The number of rotatable bonds is 5. The second-order valence-electron chi connectivity index (χ2n) is 6.83. The average Bonchev–Trinajstić information content (AvgIpc) is 2.68. The van der Waals surface area contributed by atoms with Crippen molar-refractivity contribution in [2.45, 2.75) is 30.8 Å². The Morgan fingerprint density at radius 3 is 2.63 bits per heavy atom. The van der Waals surface area contributed by atoms with E-state index in [0.29, 0.717) is 12.1 Å². The third kappa shape index (κ3) is 4.55. The van der Waals surface area contributed by atoms with Crippen molar-refractivity contribution in [2.75, 3.05) is 19.6 Å². The van der Waals surface area contributed by atoms with Crippen LogP contribution in [-0.4, -0.2) is 44.9 Å². The zero-order chi connectivity index (χ0) is 19.4. The summed E-state index contributed by atoms with van der Waals surface area (Å²) in [6.45, 7) is 5.86. The van der Waals surface area contributed by atoms with E-state index in [-0.39, 0.29) is 22.9 Å². The van der Waals surface area contributed by atoms with Crippen LogP contribution in [0, 0.1) is 0 Å². The summed E-state index contributed by atoms with van der Waals surface area (Å²) < 4.78 is 28.3. The van der Waals surface area contributed by atoms with E-state index in [2.05, 4.69) is 10.0 Å². The van der Waals surface area contributed by atoms with E-state index in [0.717, 1.165) is 18.7 Å². The molecule has 1 saturated heterocycles. The van der Waals surface area contributed by atoms with Gasteiger partial charge >= 0.3 is 0 Å². The molecule has 1 aliphatic heterocycles. The first-order valence-electron chi connectivity index (χ1n) is 9.07. The van der Waals surface area contributed by atoms with Crippen LogP contribution in [0.5, 0.6) is 0 Å². The minimum absolute atomic E-state index is 0.0720. The van der Waals surface area contributed by atoms with E-state index >= 15 is 0 Å². The van der Waals surface area contributed by atoms with Gasteiger partial charge in [0.25, 0.3) is 5.91 Å². The van der Waals surface area contributed by atoms with Crippen LogP contribution in [0.25, 0.3) is 0 Å². The van der Waals surface area contributed by atoms with Gasteiger partial charge in [-0.25, -0.2) is 13.1 Å². The summed E-state index contributed by atoms with van der Waals surface area (Å²) in [5, 5.41) is 3.24. The van der Waals surface area contributed by atoms with Crippen molar-refractivity contribution in [1.29, 1.82) is 0 Å². The Morgan fingerprint density at radius 2 is 1.93 bits per heavy atom. The van der Waals surface area contributed by atoms with Crippen molar-refractivity contribution in [3.05, 3.63) is 65.7 Å². The first kappa shape index (κ1) is 19.5. The second kappa shape index (κ2) is 8.21. The van der Waals surface area contributed by atoms with Gasteiger partial charge in [0.05, 0.1) is 4.90 Å². The van der Waals surface area contributed by atoms with Crippen molar-refractivity contribution in [1.82, 2.24) is 14.9 Å². The zero-order valence-electron chi connectivity index (χ0n) is 15.6. The van der Waals surface area contributed by atoms with Crippen LogP contribution in [0.3, 0.4) is 0 Å². The summed E-state index contributed by atoms with van der Waals surface area (Å²) in [5.74, 6) is -0.142. The molecule has 0 aromatic heterocycles. The van der Waals surface area contributed by atoms with Crippen LogP contribution in [0.2, 0.25) is 0 Å². The molecule has 2 aromatic rings. The maximum Gasteiger partial charge on any atom is 0.254 e. The number of nitrogens with one attached hydrogen (secondary N) is 2. The Kier molecular flexibility index (Phi) is 5.94. The average molecular weight is 388 g/mol. The molecule has 7 heteroatoms. The van der Waals surface area contributed by atoms with Crippen molar-refractivity contribution in [2.24, 2.45) is 0 Å². The van der Waals surface area contributed by atoms with Crippen LogP contribution in [0.1, 0.15) is 35.8 Å². The van der Waals surface area contributed by atoms with E-state index in [4.69, 9.17) is 0 Å². The van der Waals surface area contributed by atoms with Gasteiger partial charge in [-0.15, -0.1) is 0 Å². The van der Waals surface area contributed by atoms with Gasteiger partial charge in [0.15, 0.2) is 0 Å². The number of amides is 1. The lowest BCUT2D eigenvalue weighted by Gasteiger charge is -2.34. The Hall–Kier alpha value is -2.22. The molecule has 3 rings (SSSR count). The highest BCUT2D eigenvalue weighted by molar-refractivity contribution is 7.89. The lowest BCUT2D eigenvalue weighted by atomic mass is 10.1. The molecular weight excluding hydrogens is 362 g/mol. The van der Waals surface area contributed by atoms with E-state index in [1.54, 1.807) is 24.0 Å². The van der Waals surface area contributed by atoms with Crippen LogP contribution < -0.4 is 10.0 Å². The number of hydrogen-bond donors (Lipinski definition) is 2. The number of sulfonamides is 1. The van der Waals surface area contributed by atoms with Crippen LogP contribution in [0.15, 0.2) is 59.5 Å². The van der Waals surface area contributed by atoms with Gasteiger partial charge in [-0.2, -0.15) is 0 Å². The van der Waals surface area contributed by atoms with Crippen molar-refractivity contribution in [3.8, 4) is 0 Å². The number of nitrogens with zero attached hydrogens (tertiary/aromatic N) is 1. The Labute approximate surface area is 160 Å². The van der Waals surface area contributed by atoms with E-state index in [9.17, 15) is 13.2 Å². The fourth-order valence-corrected chi connectivity index (χ4v) is 4.49. The van der Waals surface area contributed by atoms with Crippen molar-refractivity contribution < 1.29 is 13.2 Å². The smallest absolute Gasteiger partial charge is 0.254 e. The molecule has 0 radical (unpaired) electrons. The van der Waals surface area contributed by atoms with Crippen LogP contribution in [-0.2, 0) is 10.0 Å². The number of piperazine rings is 1. The van der Waals surface area contributed by atoms with Crippen molar-refractivity contribution >= 4 is 15.9 Å². The molecule has 1 amide bonds. The third-order valence-electron chi connectivity index (χ3n) is 4.78. The highest BCUT2D eigenvalue weighted by atomic mass is 32.2. The standard InChI is InChI=1S/C20H25N3O3S/c1-15-14-21-11-12-23(15)20(24)18-9-6-10-19(13-18)27(25,26)22-16(2)17-7-4-3-5-8-17/h3-10,13,15-16,21-22H,11-12,14H2,1-2H3/t15-,16?/m0/s1. The Bertz CT molecular complexity index is 900. The van der Waals surface area contributed by atoms with Crippen LogP contribution >= 0.6 is 0 Å². The maximum absolute atomic E-state index is 12.8. The summed E-state index contributed by atoms with van der Waals surface area (Å²) in [7, 11) is -3.74. The molecule has 0 bridgehead atoms. The molecule has 1 heterocycles. The van der Waals surface area contributed by atoms with E-state index in [1.807, 2.05) is 37.3 Å². The number of hydrogen-bond acceptors (Lipinski definition) is 4. The molecule has 1 unspecified atom stereocenters. The molecule has 1 aliphatic rings. The highest BCUT2D eigenvalue weighted by Gasteiger charge is 2.25. The second-order valence-corrected chi connectivity index (χ2v) is 8.55. The van der Waals surface area contributed by atoms with Gasteiger partial charge in [0.1, 0.15) is 0 Å². The Morgan fingerprint density at radius 1 is 1.19 bits per heavy atom. The number of benzene rings is 2. The molecule has 0 spiro atoms. The molecule has 2 aromatic carbocycles. The molecule has 2 N–H and O–H groups in total. The predicted molar refractivity (Wildman–Crippen MR) is 105 cm³/mol. The third-order valence-corrected chi connectivity index (χ3v) is 6.32. The van der Waals surface area contributed by atoms with Gasteiger partial charge in [-0.3, -0.25) is 4.79 Å². The maximum atomic E-state index is 12.8. The fraction of sp³-hybridized carbons (Fsp3) is 0.350. The molecule has 144 valence electrons. The molecule has 27 heavy (non-hydrogen) atoms. The van der Waals surface area contributed by atoms with Gasteiger partial charge in [-0.1, -0.05) is 36.4 Å². The van der Waals surface area contributed by atoms with Crippen molar-refractivity contribution in [3.63, 3.8) is 0 Å². The quantitative estimate of drug-likeness (QED) is 0.824. The summed E-state index contributed by atoms with van der Waals surface area (Å²) in [6.07, 6.45) is 0. The molecular formula is C20H25N3O3S. The first-order chi connectivity index (χ1) is 12.9. The minimum atomic E-state index is -3.74. The summed E-state index contributed by atoms with van der Waals surface area (Å²) in [6, 6.07) is 15.3. The molecule has 6 nitrogen and oxygen atoms in total. The largest absolute Gasteiger partial charge is 0.333 e. The van der Waals surface area contributed by atoms with Gasteiger partial charge in [-0.05, 0) is 37.6 Å². The lowest BCUT2D eigenvalue weighted by Crippen LogP contribution is -2.52. The molecule has 2 atom stereocenters. The zero-order valence-corrected chi connectivity index (χ0v) is 16.4. The SMILES string of the molecule is CC(NS(=O)(=O)c1cccc(C(=O)N2CCNC[C@@H]2C)c1)c1ccccc1. The minimum Gasteiger partial charge on any atom is -0.333 e. The van der Waals surface area contributed by atoms with Gasteiger partial charge in [0, 0.05) is 37.3 Å². The van der Waals surface area contributed by atoms with E-state index < -0.39 is 10.0 Å². The number of carbonyl (C=O) groups excluding carboxylic acids is 1. The summed E-state index contributed by atoms with van der Waals surface area (Å²) in [5.41, 5.74) is 1.27. The van der Waals surface area contributed by atoms with Gasteiger partial charge in [0.2, 0.25) is 10.0 Å².